The summed E-state index contributed by atoms with van der Waals surface area (Å²) in [6, 6.07) is 4.18. The molecule has 2 aromatic heterocycles. The lowest BCUT2D eigenvalue weighted by molar-refractivity contribution is -0.129. The first kappa shape index (κ1) is 24.1. The number of hydrogen-bond donors (Lipinski definition) is 2. The van der Waals surface area contributed by atoms with Gasteiger partial charge in [-0.1, -0.05) is 0 Å². The molecule has 2 atom stereocenters. The normalized spacial score (nSPS) is 19.8. The number of benzene rings is 1. The lowest BCUT2D eigenvalue weighted by Crippen LogP contribution is -2.38. The molecule has 0 radical (unpaired) electrons. The molecular formula is C26H29F2N5O3. The molecule has 3 heterocycles. The number of H-pyrrole nitrogens is 1. The van der Waals surface area contributed by atoms with Gasteiger partial charge in [-0.3, -0.25) is 9.59 Å². The molecule has 2 fully saturated rings. The molecule has 0 unspecified atom stereocenters. The molecule has 2 aliphatic rings. The van der Waals surface area contributed by atoms with E-state index in [2.05, 4.69) is 20.3 Å². The number of aryl methyl sites for hydroxylation is 1. The Bertz CT molecular complexity index is 1320. The van der Waals surface area contributed by atoms with Gasteiger partial charge < -0.3 is 19.9 Å². The van der Waals surface area contributed by atoms with Gasteiger partial charge in [-0.25, -0.2) is 18.7 Å². The van der Waals surface area contributed by atoms with Crippen LogP contribution in [0.2, 0.25) is 0 Å². The van der Waals surface area contributed by atoms with Crippen LogP contribution in [-0.2, 0) is 4.79 Å². The molecule has 8 nitrogen and oxygen atoms in total. The van der Waals surface area contributed by atoms with E-state index in [0.29, 0.717) is 64.8 Å². The van der Waals surface area contributed by atoms with Crippen LogP contribution in [0.5, 0.6) is 5.75 Å². The Hall–Kier alpha value is -3.56. The summed E-state index contributed by atoms with van der Waals surface area (Å²) in [6.45, 7) is 6.21. The number of fused-ring (bicyclic) bond motifs is 1. The van der Waals surface area contributed by atoms with Crippen molar-refractivity contribution in [3.05, 3.63) is 41.3 Å². The van der Waals surface area contributed by atoms with Crippen molar-refractivity contribution in [3.63, 3.8) is 0 Å². The molecular weight excluding hydrogens is 468 g/mol. The van der Waals surface area contributed by atoms with Gasteiger partial charge in [-0.15, -0.1) is 0 Å². The minimum atomic E-state index is -2.64. The third kappa shape index (κ3) is 4.64. The highest BCUT2D eigenvalue weighted by atomic mass is 19.3. The molecule has 1 saturated carbocycles. The maximum atomic E-state index is 13.5. The van der Waals surface area contributed by atoms with Crippen LogP contribution in [0, 0.1) is 12.8 Å². The second kappa shape index (κ2) is 9.48. The molecule has 10 heteroatoms. The summed E-state index contributed by atoms with van der Waals surface area (Å²) in [5.41, 5.74) is 2.52. The van der Waals surface area contributed by atoms with E-state index in [-0.39, 0.29) is 29.5 Å². The number of ether oxygens (including phenoxy) is 1. The molecule has 3 aromatic rings. The van der Waals surface area contributed by atoms with Crippen LogP contribution in [0.25, 0.3) is 22.3 Å². The number of hydrogen-bond acceptors (Lipinski definition) is 5. The zero-order valence-electron chi connectivity index (χ0n) is 20.5. The van der Waals surface area contributed by atoms with Crippen LogP contribution in [0.1, 0.15) is 61.2 Å². The van der Waals surface area contributed by atoms with Gasteiger partial charge in [0.2, 0.25) is 5.91 Å². The summed E-state index contributed by atoms with van der Waals surface area (Å²) < 4.78 is 33.1. The highest BCUT2D eigenvalue weighted by molar-refractivity contribution is 6.09. The standard InChI is InChI=1S/C26H29F2N5O3/c1-13-8-18(10-33(13)15(3)34)32-26(35)21-14(2)31-24-22(29-12-30-23(21)24)19-9-17(25(27)28)6-7-20(19)36-11-16-4-5-16/h6-7,9,12-13,16,18,25,31H,4-5,8,10-11H2,1-3H3,(H,32,35)/t13-,18-/m0/s1. The van der Waals surface area contributed by atoms with Crippen molar-refractivity contribution in [2.24, 2.45) is 5.92 Å². The molecule has 36 heavy (non-hydrogen) atoms. The third-order valence-corrected chi connectivity index (χ3v) is 7.00. The first-order valence-electron chi connectivity index (χ1n) is 12.2. The number of aromatic nitrogens is 3. The molecule has 190 valence electrons. The van der Waals surface area contributed by atoms with Gasteiger partial charge in [0.05, 0.1) is 17.7 Å². The van der Waals surface area contributed by atoms with E-state index in [0.717, 1.165) is 12.8 Å². The fourth-order valence-electron chi connectivity index (χ4n) is 4.92. The van der Waals surface area contributed by atoms with Gasteiger partial charge in [0.15, 0.2) is 0 Å². The van der Waals surface area contributed by atoms with Gasteiger partial charge in [0.1, 0.15) is 23.3 Å². The van der Waals surface area contributed by atoms with Crippen molar-refractivity contribution in [2.75, 3.05) is 13.2 Å². The van der Waals surface area contributed by atoms with Crippen molar-refractivity contribution in [1.29, 1.82) is 0 Å². The van der Waals surface area contributed by atoms with Crippen molar-refractivity contribution >= 4 is 22.8 Å². The number of nitrogens with zero attached hydrogens (tertiary/aromatic N) is 3. The Morgan fingerprint density at radius 1 is 1.28 bits per heavy atom. The Balaban J connectivity index is 1.50. The average Bonchev–Trinajstić information content (AvgIpc) is 3.49. The van der Waals surface area contributed by atoms with Crippen molar-refractivity contribution in [2.45, 2.75) is 58.5 Å². The number of aromatic amines is 1. The molecule has 2 amide bonds. The van der Waals surface area contributed by atoms with E-state index in [9.17, 15) is 18.4 Å². The quantitative estimate of drug-likeness (QED) is 0.504. The summed E-state index contributed by atoms with van der Waals surface area (Å²) in [5.74, 6) is 0.621. The van der Waals surface area contributed by atoms with E-state index >= 15 is 0 Å². The summed E-state index contributed by atoms with van der Waals surface area (Å²) in [6.07, 6.45) is 1.54. The Morgan fingerprint density at radius 2 is 2.06 bits per heavy atom. The number of likely N-dealkylation sites (tertiary alicyclic amines) is 1. The molecule has 2 N–H and O–H groups in total. The Labute approximate surface area is 207 Å². The minimum Gasteiger partial charge on any atom is -0.493 e. The highest BCUT2D eigenvalue weighted by Crippen LogP contribution is 2.38. The topological polar surface area (TPSA) is 100 Å². The van der Waals surface area contributed by atoms with E-state index in [1.165, 1.54) is 25.4 Å². The number of alkyl halides is 2. The average molecular weight is 498 g/mol. The Morgan fingerprint density at radius 3 is 2.72 bits per heavy atom. The van der Waals surface area contributed by atoms with Crippen LogP contribution in [0.15, 0.2) is 24.5 Å². The number of carbonyl (C=O) groups is 2. The van der Waals surface area contributed by atoms with Crippen molar-refractivity contribution in [1.82, 2.24) is 25.2 Å². The van der Waals surface area contributed by atoms with E-state index in [1.807, 2.05) is 6.92 Å². The predicted molar refractivity (Wildman–Crippen MR) is 130 cm³/mol. The second-order valence-corrected chi connectivity index (χ2v) is 9.81. The van der Waals surface area contributed by atoms with E-state index in [4.69, 9.17) is 4.74 Å². The number of rotatable bonds is 7. The van der Waals surface area contributed by atoms with Gasteiger partial charge in [-0.2, -0.15) is 0 Å². The maximum Gasteiger partial charge on any atom is 0.263 e. The SMILES string of the molecule is CC(=O)N1C[C@@H](NC(=O)c2c(C)[nH]c3c(-c4cc(C(F)F)ccc4OCC4CC4)ncnc23)C[C@@H]1C. The maximum absolute atomic E-state index is 13.5. The van der Waals surface area contributed by atoms with Gasteiger partial charge >= 0.3 is 0 Å². The van der Waals surface area contributed by atoms with Gasteiger partial charge in [0.25, 0.3) is 12.3 Å². The molecule has 1 aliphatic carbocycles. The lowest BCUT2D eigenvalue weighted by atomic mass is 10.0. The number of nitrogens with one attached hydrogen (secondary N) is 2. The van der Waals surface area contributed by atoms with Crippen LogP contribution in [0.4, 0.5) is 8.78 Å². The Kier molecular flexibility index (Phi) is 6.36. The smallest absolute Gasteiger partial charge is 0.263 e. The molecule has 0 spiro atoms. The van der Waals surface area contributed by atoms with Crippen LogP contribution in [0.3, 0.4) is 0 Å². The molecule has 1 saturated heterocycles. The summed E-state index contributed by atoms with van der Waals surface area (Å²) in [4.78, 5) is 38.8. The minimum absolute atomic E-state index is 0.0226. The largest absolute Gasteiger partial charge is 0.493 e. The highest BCUT2D eigenvalue weighted by Gasteiger charge is 2.33. The fourth-order valence-corrected chi connectivity index (χ4v) is 4.92. The second-order valence-electron chi connectivity index (χ2n) is 9.81. The number of carbonyl (C=O) groups excluding carboxylic acids is 2. The molecule has 1 aliphatic heterocycles. The third-order valence-electron chi connectivity index (χ3n) is 7.00. The molecule has 5 rings (SSSR count). The first-order chi connectivity index (χ1) is 17.2. The van der Waals surface area contributed by atoms with Crippen LogP contribution in [-0.4, -0.2) is 56.9 Å². The zero-order valence-corrected chi connectivity index (χ0v) is 20.5. The summed E-state index contributed by atoms with van der Waals surface area (Å²) in [5, 5.41) is 3.03. The zero-order chi connectivity index (χ0) is 25.6. The lowest BCUT2D eigenvalue weighted by Gasteiger charge is -2.18. The number of amides is 2. The molecule has 0 bridgehead atoms. The molecule has 1 aromatic carbocycles. The van der Waals surface area contributed by atoms with E-state index in [1.54, 1.807) is 17.9 Å². The van der Waals surface area contributed by atoms with Gasteiger partial charge in [0, 0.05) is 42.4 Å². The summed E-state index contributed by atoms with van der Waals surface area (Å²) in [7, 11) is 0. The van der Waals surface area contributed by atoms with Crippen molar-refractivity contribution in [3.8, 4) is 17.0 Å². The fraction of sp³-hybridized carbons (Fsp3) is 0.462. The number of halogens is 2. The van der Waals surface area contributed by atoms with Crippen molar-refractivity contribution < 1.29 is 23.1 Å². The van der Waals surface area contributed by atoms with Crippen LogP contribution < -0.4 is 10.1 Å². The predicted octanol–water partition coefficient (Wildman–Crippen LogP) is 4.40. The summed E-state index contributed by atoms with van der Waals surface area (Å²) >= 11 is 0. The van der Waals surface area contributed by atoms with E-state index < -0.39 is 6.43 Å². The van der Waals surface area contributed by atoms with Gasteiger partial charge in [-0.05, 0) is 57.2 Å². The van der Waals surface area contributed by atoms with Crippen LogP contribution >= 0.6 is 0 Å². The monoisotopic (exact) mass is 497 g/mol. The first-order valence-corrected chi connectivity index (χ1v) is 12.2.